The molecule has 8 nitrogen and oxygen atoms in total. The van der Waals surface area contributed by atoms with E-state index in [-0.39, 0.29) is 59.7 Å². The number of carboxylic acid groups (broad SMARTS) is 1. The van der Waals surface area contributed by atoms with Gasteiger partial charge < -0.3 is 24.4 Å². The first-order valence-electron chi connectivity index (χ1n) is 7.02. The Balaban J connectivity index is 0.00000192. The van der Waals surface area contributed by atoms with Crippen LogP contribution in [0.4, 0.5) is 0 Å². The Morgan fingerprint density at radius 1 is 1.30 bits per heavy atom. The maximum atomic E-state index is 12.3. The molecule has 3 atom stereocenters. The molecule has 3 aliphatic heterocycles. The fourth-order valence-electron chi connectivity index (χ4n) is 3.71. The number of hydrogen-bond donors (Lipinski definition) is 0. The van der Waals surface area contributed by atoms with Crippen molar-refractivity contribution in [2.24, 2.45) is 5.92 Å². The molecule has 9 heteroatoms. The molecule has 0 aromatic rings. The zero-order chi connectivity index (χ0) is 16.2. The summed E-state index contributed by atoms with van der Waals surface area (Å²) in [6, 6.07) is -1.01. The Labute approximate surface area is 154 Å². The molecule has 0 bridgehead atoms. The number of β-lactam (4-membered cyclic amide) rings is 1. The van der Waals surface area contributed by atoms with Gasteiger partial charge in [-0.1, -0.05) is 0 Å². The largest absolute Gasteiger partial charge is 1.00 e. The molecule has 118 valence electrons. The van der Waals surface area contributed by atoms with Crippen molar-refractivity contribution >= 4 is 23.8 Å². The first kappa shape index (κ1) is 18.0. The Bertz CT molecular complexity index is 631. The van der Waals surface area contributed by atoms with Crippen molar-refractivity contribution in [2.75, 3.05) is 13.2 Å². The van der Waals surface area contributed by atoms with E-state index in [1.165, 1.54) is 23.6 Å². The molecule has 3 aliphatic rings. The number of likely N-dealkylation sites (tertiary alicyclic amines) is 1. The van der Waals surface area contributed by atoms with Gasteiger partial charge in [0.05, 0.1) is 17.7 Å². The average molecular weight is 330 g/mol. The number of nitrogens with zero attached hydrogens (tertiary/aromatic N) is 2. The van der Waals surface area contributed by atoms with E-state index in [0.29, 0.717) is 18.5 Å². The summed E-state index contributed by atoms with van der Waals surface area (Å²) in [5.74, 6) is -2.83. The van der Waals surface area contributed by atoms with Gasteiger partial charge in [0.1, 0.15) is 12.6 Å². The third-order valence-electron chi connectivity index (χ3n) is 4.56. The zero-order valence-electron chi connectivity index (χ0n) is 13.2. The summed E-state index contributed by atoms with van der Waals surface area (Å²) in [6.07, 6.45) is 0.526. The van der Waals surface area contributed by atoms with Gasteiger partial charge in [0.2, 0.25) is 5.91 Å². The summed E-state index contributed by atoms with van der Waals surface area (Å²) in [6.45, 7) is 2.83. The molecule has 2 amide bonds. The number of hydrogen-bond acceptors (Lipinski definition) is 6. The fraction of sp³-hybridized carbons (Fsp3) is 0.571. The second-order valence-corrected chi connectivity index (χ2v) is 5.69. The molecule has 0 aromatic heterocycles. The van der Waals surface area contributed by atoms with E-state index in [1.54, 1.807) is 0 Å². The van der Waals surface area contributed by atoms with Gasteiger partial charge in [0.15, 0.2) is 0 Å². The molecule has 0 spiro atoms. The van der Waals surface area contributed by atoms with Crippen LogP contribution in [0.1, 0.15) is 20.3 Å². The molecule has 0 N–H and O–H groups in total. The van der Waals surface area contributed by atoms with Gasteiger partial charge in [-0.3, -0.25) is 14.4 Å². The van der Waals surface area contributed by atoms with E-state index >= 15 is 0 Å². The van der Waals surface area contributed by atoms with Gasteiger partial charge in [0, 0.05) is 26.3 Å². The Kier molecular flexibility index (Phi) is 4.89. The van der Waals surface area contributed by atoms with E-state index in [1.807, 2.05) is 0 Å². The maximum Gasteiger partial charge on any atom is 1.00 e. The number of carbonyl (C=O) groups is 4. The van der Waals surface area contributed by atoms with Crippen LogP contribution in [-0.2, 0) is 23.9 Å². The molecule has 0 aromatic carbocycles. The van der Waals surface area contributed by atoms with Crippen LogP contribution >= 0.6 is 0 Å². The summed E-state index contributed by atoms with van der Waals surface area (Å²) in [4.78, 5) is 48.9. The predicted octanol–water partition coefficient (Wildman–Crippen LogP) is -4.98. The Hall–Kier alpha value is -1.38. The number of ether oxygens (including phenoxy) is 1. The van der Waals surface area contributed by atoms with Gasteiger partial charge in [-0.15, -0.1) is 0 Å². The number of esters is 1. The van der Waals surface area contributed by atoms with Crippen LogP contribution < -0.4 is 34.7 Å². The van der Waals surface area contributed by atoms with Gasteiger partial charge in [-0.05, 0) is 12.0 Å². The molecule has 3 heterocycles. The molecule has 1 unspecified atom stereocenters. The van der Waals surface area contributed by atoms with Crippen LogP contribution in [0, 0.1) is 5.92 Å². The van der Waals surface area contributed by atoms with Crippen LogP contribution in [0.5, 0.6) is 0 Å². The van der Waals surface area contributed by atoms with Crippen molar-refractivity contribution in [3.05, 3.63) is 11.3 Å². The Morgan fingerprint density at radius 3 is 2.48 bits per heavy atom. The standard InChI is InChI=1S/C14H16N2O6.Na/c1-6(17)15-4-3-8-9(5-22-7(2)18)11(14(20)21)16-10(8)12(15)13(16)19;/h8,10,12H,3-5H2,1-2H3,(H,20,21);/q;+1/p-1/t8?,10-,12+;/m1./s1. The summed E-state index contributed by atoms with van der Waals surface area (Å²) >= 11 is 0. The molecular formula is C14H15N2NaO6. The van der Waals surface area contributed by atoms with Crippen LogP contribution in [-0.4, -0.2) is 58.8 Å². The van der Waals surface area contributed by atoms with Crippen LogP contribution in [0.2, 0.25) is 0 Å². The van der Waals surface area contributed by atoms with Crippen molar-refractivity contribution in [1.82, 2.24) is 9.80 Å². The molecule has 0 saturated carbocycles. The minimum absolute atomic E-state index is 0. The fourth-order valence-corrected chi connectivity index (χ4v) is 3.71. The number of aliphatic carboxylic acids is 1. The number of piperidine rings is 1. The quantitative estimate of drug-likeness (QED) is 0.291. The normalized spacial score (nSPS) is 27.9. The smallest absolute Gasteiger partial charge is 0.543 e. The molecule has 23 heavy (non-hydrogen) atoms. The second-order valence-electron chi connectivity index (χ2n) is 5.69. The van der Waals surface area contributed by atoms with Crippen molar-refractivity contribution in [3.8, 4) is 0 Å². The first-order valence-corrected chi connectivity index (χ1v) is 7.02. The topological polar surface area (TPSA) is 107 Å². The second kappa shape index (κ2) is 6.26. The molecule has 3 rings (SSSR count). The Morgan fingerprint density at radius 2 is 1.96 bits per heavy atom. The summed E-state index contributed by atoms with van der Waals surface area (Å²) in [7, 11) is 0. The van der Waals surface area contributed by atoms with Gasteiger partial charge in [0.25, 0.3) is 5.91 Å². The molecule has 0 radical (unpaired) electrons. The van der Waals surface area contributed by atoms with Crippen molar-refractivity contribution in [2.45, 2.75) is 32.4 Å². The number of rotatable bonds is 3. The van der Waals surface area contributed by atoms with Crippen LogP contribution in [0.25, 0.3) is 0 Å². The van der Waals surface area contributed by atoms with E-state index in [2.05, 4.69) is 0 Å². The van der Waals surface area contributed by atoms with Crippen molar-refractivity contribution in [1.29, 1.82) is 0 Å². The molecular weight excluding hydrogens is 315 g/mol. The van der Waals surface area contributed by atoms with Crippen molar-refractivity contribution in [3.63, 3.8) is 0 Å². The summed E-state index contributed by atoms with van der Waals surface area (Å²) in [5.41, 5.74) is 0.196. The predicted molar refractivity (Wildman–Crippen MR) is 68.6 cm³/mol. The summed E-state index contributed by atoms with van der Waals surface area (Å²) < 4.78 is 4.93. The monoisotopic (exact) mass is 330 g/mol. The van der Waals surface area contributed by atoms with E-state index in [0.717, 1.165) is 0 Å². The number of amides is 2. The minimum Gasteiger partial charge on any atom is -0.543 e. The van der Waals surface area contributed by atoms with E-state index in [9.17, 15) is 24.3 Å². The SMILES string of the molecule is CC(=O)OCC1=C(C(=O)[O-])N2C(=O)[C@@H]3[C@H]2C1CCN3C(C)=O.[Na+]. The van der Waals surface area contributed by atoms with Gasteiger partial charge in [-0.25, -0.2) is 0 Å². The van der Waals surface area contributed by atoms with Crippen LogP contribution in [0.3, 0.4) is 0 Å². The summed E-state index contributed by atoms with van der Waals surface area (Å²) in [5, 5.41) is 11.4. The average Bonchev–Trinajstić information content (AvgIpc) is 2.76. The number of carboxylic acids is 1. The molecule has 2 saturated heterocycles. The third kappa shape index (κ3) is 2.58. The maximum absolute atomic E-state index is 12.3. The van der Waals surface area contributed by atoms with E-state index in [4.69, 9.17) is 4.74 Å². The minimum atomic E-state index is -1.46. The third-order valence-corrected chi connectivity index (χ3v) is 4.56. The van der Waals surface area contributed by atoms with Crippen LogP contribution in [0.15, 0.2) is 11.3 Å². The zero-order valence-corrected chi connectivity index (χ0v) is 15.2. The molecule has 2 fully saturated rings. The molecule has 0 aliphatic carbocycles. The van der Waals surface area contributed by atoms with Gasteiger partial charge >= 0.3 is 35.5 Å². The van der Waals surface area contributed by atoms with Gasteiger partial charge in [-0.2, -0.15) is 0 Å². The number of carbonyl (C=O) groups excluding carboxylic acids is 4. The van der Waals surface area contributed by atoms with E-state index < -0.39 is 23.9 Å². The first-order chi connectivity index (χ1) is 10.3. The van der Waals surface area contributed by atoms with Crippen molar-refractivity contribution < 1.29 is 58.6 Å².